The number of nitrogens with zero attached hydrogens (tertiary/aromatic N) is 2. The van der Waals surface area contributed by atoms with Gasteiger partial charge in [0, 0.05) is 41.9 Å². The minimum Gasteiger partial charge on any atom is -0.325 e. The van der Waals surface area contributed by atoms with Crippen LogP contribution in [0, 0.1) is 13.8 Å². The van der Waals surface area contributed by atoms with Crippen molar-refractivity contribution in [3.8, 4) is 0 Å². The minimum absolute atomic E-state index is 0.196. The first-order valence-electron chi connectivity index (χ1n) is 9.66. The van der Waals surface area contributed by atoms with E-state index in [9.17, 15) is 13.2 Å². The molecule has 1 atom stereocenters. The zero-order chi connectivity index (χ0) is 22.1. The highest BCUT2D eigenvalue weighted by molar-refractivity contribution is 7.89. The van der Waals surface area contributed by atoms with Crippen LogP contribution in [0.4, 0.5) is 5.69 Å². The lowest BCUT2D eigenvalue weighted by Crippen LogP contribution is -2.53. The molecule has 1 aliphatic rings. The number of anilines is 1. The van der Waals surface area contributed by atoms with Crippen molar-refractivity contribution >= 4 is 44.8 Å². The van der Waals surface area contributed by atoms with E-state index in [1.807, 2.05) is 24.8 Å². The van der Waals surface area contributed by atoms with Gasteiger partial charge >= 0.3 is 0 Å². The number of halogens is 2. The van der Waals surface area contributed by atoms with Gasteiger partial charge in [0.2, 0.25) is 15.9 Å². The van der Waals surface area contributed by atoms with E-state index >= 15 is 0 Å². The molecule has 1 amide bonds. The minimum atomic E-state index is -3.55. The molecule has 30 heavy (non-hydrogen) atoms. The summed E-state index contributed by atoms with van der Waals surface area (Å²) in [7, 11) is -3.55. The van der Waals surface area contributed by atoms with Crippen molar-refractivity contribution in [1.29, 1.82) is 0 Å². The molecule has 1 fully saturated rings. The summed E-state index contributed by atoms with van der Waals surface area (Å²) in [5, 5.41) is 3.70. The zero-order valence-corrected chi connectivity index (χ0v) is 19.5. The molecule has 1 unspecified atom stereocenters. The van der Waals surface area contributed by atoms with Gasteiger partial charge in [0.15, 0.2) is 0 Å². The second kappa shape index (κ2) is 9.24. The second-order valence-electron chi connectivity index (χ2n) is 7.51. The lowest BCUT2D eigenvalue weighted by Gasteiger charge is -2.36. The van der Waals surface area contributed by atoms with Gasteiger partial charge in [-0.1, -0.05) is 29.3 Å². The van der Waals surface area contributed by atoms with Gasteiger partial charge in [-0.3, -0.25) is 9.69 Å². The molecule has 1 heterocycles. The molecule has 0 saturated carbocycles. The number of aryl methyl sites for hydroxylation is 2. The molecule has 0 bridgehead atoms. The molecular weight excluding hydrogens is 445 g/mol. The molecule has 0 radical (unpaired) electrons. The van der Waals surface area contributed by atoms with Crippen LogP contribution in [-0.4, -0.2) is 55.8 Å². The molecule has 2 aromatic carbocycles. The number of sulfonamides is 1. The molecule has 1 aliphatic heterocycles. The average Bonchev–Trinajstić information content (AvgIpc) is 2.68. The van der Waals surface area contributed by atoms with Crippen molar-refractivity contribution in [1.82, 2.24) is 9.21 Å². The van der Waals surface area contributed by atoms with Crippen molar-refractivity contribution in [3.63, 3.8) is 0 Å². The Kier molecular flexibility index (Phi) is 7.09. The average molecular weight is 470 g/mol. The maximum Gasteiger partial charge on any atom is 0.243 e. The molecule has 162 valence electrons. The second-order valence-corrected chi connectivity index (χ2v) is 10.3. The Morgan fingerprint density at radius 3 is 2.13 bits per heavy atom. The molecular formula is C21H25Cl2N3O3S. The van der Waals surface area contributed by atoms with Gasteiger partial charge < -0.3 is 5.32 Å². The van der Waals surface area contributed by atoms with Crippen molar-refractivity contribution in [2.75, 3.05) is 31.5 Å². The van der Waals surface area contributed by atoms with Gasteiger partial charge in [0.05, 0.1) is 10.9 Å². The quantitative estimate of drug-likeness (QED) is 0.719. The maximum atomic E-state index is 13.0. The summed E-state index contributed by atoms with van der Waals surface area (Å²) in [6.07, 6.45) is 0. The van der Waals surface area contributed by atoms with Gasteiger partial charge in [-0.15, -0.1) is 0 Å². The number of nitrogens with one attached hydrogen (secondary N) is 1. The summed E-state index contributed by atoms with van der Waals surface area (Å²) in [6, 6.07) is 9.62. The summed E-state index contributed by atoms with van der Waals surface area (Å²) in [5.74, 6) is -0.196. The van der Waals surface area contributed by atoms with Crippen LogP contribution in [0.5, 0.6) is 0 Å². The molecule has 0 aromatic heterocycles. The van der Waals surface area contributed by atoms with E-state index in [0.29, 0.717) is 46.8 Å². The third-order valence-corrected chi connectivity index (χ3v) is 7.78. The van der Waals surface area contributed by atoms with E-state index in [-0.39, 0.29) is 5.91 Å². The van der Waals surface area contributed by atoms with E-state index in [1.165, 1.54) is 4.31 Å². The highest BCUT2D eigenvalue weighted by Crippen LogP contribution is 2.24. The lowest BCUT2D eigenvalue weighted by atomic mass is 10.1. The van der Waals surface area contributed by atoms with Crippen LogP contribution < -0.4 is 5.32 Å². The van der Waals surface area contributed by atoms with Crippen LogP contribution >= 0.6 is 23.2 Å². The smallest absolute Gasteiger partial charge is 0.243 e. The topological polar surface area (TPSA) is 69.7 Å². The normalized spacial score (nSPS) is 17.0. The van der Waals surface area contributed by atoms with Crippen LogP contribution in [0.25, 0.3) is 0 Å². The van der Waals surface area contributed by atoms with E-state index in [1.54, 1.807) is 37.3 Å². The van der Waals surface area contributed by atoms with E-state index in [0.717, 1.165) is 11.1 Å². The predicted octanol–water partition coefficient (Wildman–Crippen LogP) is 3.94. The Labute approximate surface area is 187 Å². The summed E-state index contributed by atoms with van der Waals surface area (Å²) in [5.41, 5.74) is 2.53. The molecule has 9 heteroatoms. The highest BCUT2D eigenvalue weighted by atomic mass is 35.5. The first-order valence-corrected chi connectivity index (χ1v) is 11.9. The molecule has 3 rings (SSSR count). The molecule has 0 spiro atoms. The van der Waals surface area contributed by atoms with Gasteiger partial charge in [0.25, 0.3) is 0 Å². The lowest BCUT2D eigenvalue weighted by molar-refractivity contribution is -0.121. The van der Waals surface area contributed by atoms with Crippen molar-refractivity contribution in [2.45, 2.75) is 31.7 Å². The number of hydrogen-bond acceptors (Lipinski definition) is 4. The molecule has 6 nitrogen and oxygen atoms in total. The van der Waals surface area contributed by atoms with Gasteiger partial charge in [-0.25, -0.2) is 8.42 Å². The number of carbonyl (C=O) groups is 1. The van der Waals surface area contributed by atoms with Crippen LogP contribution in [0.2, 0.25) is 10.0 Å². The van der Waals surface area contributed by atoms with Crippen molar-refractivity contribution in [3.05, 3.63) is 57.6 Å². The van der Waals surface area contributed by atoms with Crippen molar-refractivity contribution < 1.29 is 13.2 Å². The third kappa shape index (κ3) is 5.15. The summed E-state index contributed by atoms with van der Waals surface area (Å²) >= 11 is 12.0. The largest absolute Gasteiger partial charge is 0.325 e. The van der Waals surface area contributed by atoms with Crippen LogP contribution in [0.3, 0.4) is 0 Å². The Balaban J connectivity index is 1.62. The van der Waals surface area contributed by atoms with Crippen LogP contribution in [0.1, 0.15) is 18.1 Å². The Morgan fingerprint density at radius 1 is 0.967 bits per heavy atom. The highest BCUT2D eigenvalue weighted by Gasteiger charge is 2.32. The number of hydrogen-bond donors (Lipinski definition) is 1. The Morgan fingerprint density at radius 2 is 1.57 bits per heavy atom. The molecule has 2 aromatic rings. The first kappa shape index (κ1) is 23.0. The number of piperazine rings is 1. The van der Waals surface area contributed by atoms with Crippen LogP contribution in [-0.2, 0) is 14.8 Å². The monoisotopic (exact) mass is 469 g/mol. The fourth-order valence-electron chi connectivity index (χ4n) is 3.39. The number of rotatable bonds is 5. The Bertz CT molecular complexity index is 1030. The summed E-state index contributed by atoms with van der Waals surface area (Å²) < 4.78 is 27.4. The third-order valence-electron chi connectivity index (χ3n) is 5.45. The van der Waals surface area contributed by atoms with Gasteiger partial charge in [-0.2, -0.15) is 4.31 Å². The van der Waals surface area contributed by atoms with E-state index in [2.05, 4.69) is 5.32 Å². The molecule has 0 aliphatic carbocycles. The summed E-state index contributed by atoms with van der Waals surface area (Å²) in [4.78, 5) is 14.9. The molecule has 1 saturated heterocycles. The molecule has 1 N–H and O–H groups in total. The van der Waals surface area contributed by atoms with E-state index < -0.39 is 16.1 Å². The van der Waals surface area contributed by atoms with Crippen LogP contribution in [0.15, 0.2) is 41.3 Å². The fraction of sp³-hybridized carbons (Fsp3) is 0.381. The Hall–Kier alpha value is -1.64. The number of amides is 1. The SMILES string of the molecule is Cc1ccc(S(=O)(=O)N2CCN(C(C)C(=O)Nc3cc(Cl)cc(Cl)c3)CC2)cc1C. The zero-order valence-electron chi connectivity index (χ0n) is 17.2. The summed E-state index contributed by atoms with van der Waals surface area (Å²) in [6.45, 7) is 7.25. The van der Waals surface area contributed by atoms with Gasteiger partial charge in [-0.05, 0) is 62.2 Å². The fourth-order valence-corrected chi connectivity index (χ4v) is 5.43. The maximum absolute atomic E-state index is 13.0. The van der Waals surface area contributed by atoms with Crippen molar-refractivity contribution in [2.24, 2.45) is 0 Å². The first-order chi connectivity index (χ1) is 14.1. The number of carbonyl (C=O) groups excluding carboxylic acids is 1. The van der Waals surface area contributed by atoms with Gasteiger partial charge in [0.1, 0.15) is 0 Å². The predicted molar refractivity (Wildman–Crippen MR) is 121 cm³/mol. The van der Waals surface area contributed by atoms with E-state index in [4.69, 9.17) is 23.2 Å². The number of benzene rings is 2. The standard InChI is InChI=1S/C21H25Cl2N3O3S/c1-14-4-5-20(10-15(14)2)30(28,29)26-8-6-25(7-9-26)16(3)21(27)24-19-12-17(22)11-18(23)13-19/h4-5,10-13,16H,6-9H2,1-3H3,(H,24,27).